The summed E-state index contributed by atoms with van der Waals surface area (Å²) < 4.78 is 10.5. The van der Waals surface area contributed by atoms with E-state index in [1.807, 2.05) is 0 Å². The Kier molecular flexibility index (Phi) is 8.05. The lowest BCUT2D eigenvalue weighted by Crippen LogP contribution is -2.79. The minimum atomic E-state index is -4.06. The Morgan fingerprint density at radius 1 is 0.644 bits per heavy atom. The number of carbonyl (C=O) groups excluding carboxylic acids is 3. The normalized spacial score (nSPS) is 24.6. The van der Waals surface area contributed by atoms with Crippen molar-refractivity contribution in [3.8, 4) is 51.7 Å². The lowest BCUT2D eigenvalue weighted by molar-refractivity contribution is -0.343. The summed E-state index contributed by atoms with van der Waals surface area (Å²) in [5, 5.41) is 132. The van der Waals surface area contributed by atoms with Crippen LogP contribution in [0.3, 0.4) is 0 Å². The maximum Gasteiger partial charge on any atom is 0.341 e. The summed E-state index contributed by atoms with van der Waals surface area (Å²) in [5.74, 6) is -20.2. The second-order valence-electron chi connectivity index (χ2n) is 9.79. The molecule has 5 atom stereocenters. The van der Waals surface area contributed by atoms with E-state index >= 15 is 0 Å². The summed E-state index contributed by atoms with van der Waals surface area (Å²) in [7, 11) is 0. The first-order valence-corrected chi connectivity index (χ1v) is 12.4. The van der Waals surface area contributed by atoms with Crippen molar-refractivity contribution in [3.63, 3.8) is 0 Å². The number of carbonyl (C=O) groups is 3. The highest BCUT2D eigenvalue weighted by Crippen LogP contribution is 2.47. The molecule has 0 aromatic heterocycles. The van der Waals surface area contributed by atoms with Gasteiger partial charge in [-0.05, 0) is 36.4 Å². The van der Waals surface area contributed by atoms with Crippen molar-refractivity contribution in [2.75, 3.05) is 6.61 Å². The molecule has 3 aromatic carbocycles. The average molecular weight is 636 g/mol. The lowest BCUT2D eigenvalue weighted by atomic mass is 9.72. The van der Waals surface area contributed by atoms with Crippen molar-refractivity contribution in [1.82, 2.24) is 0 Å². The lowest BCUT2D eigenvalue weighted by Gasteiger charge is -2.52. The minimum Gasteiger partial charge on any atom is -0.504 e. The second kappa shape index (κ2) is 11.2. The Balaban J connectivity index is 2.06. The Morgan fingerprint density at radius 2 is 1.00 bits per heavy atom. The van der Waals surface area contributed by atoms with E-state index in [2.05, 4.69) is 0 Å². The topological polar surface area (TPSA) is 333 Å². The molecule has 1 saturated heterocycles. The first kappa shape index (κ1) is 32.4. The van der Waals surface area contributed by atoms with E-state index in [0.29, 0.717) is 36.4 Å². The summed E-state index contributed by atoms with van der Waals surface area (Å²) in [6.07, 6.45) is -7.61. The molecule has 1 aliphatic heterocycles. The number of ether oxygens (including phenoxy) is 2. The highest BCUT2D eigenvalue weighted by Gasteiger charge is 2.74. The Bertz CT molecular complexity index is 1650. The summed E-state index contributed by atoms with van der Waals surface area (Å²) in [4.78, 5) is 41.5. The predicted octanol–water partition coefficient (Wildman–Crippen LogP) is -1.50. The number of aromatic hydroxyl groups is 9. The van der Waals surface area contributed by atoms with E-state index in [0.717, 1.165) is 0 Å². The number of rotatable bonds is 7. The first-order valence-electron chi connectivity index (χ1n) is 12.4. The summed E-state index contributed by atoms with van der Waals surface area (Å²) in [5.41, 5.74) is -7.02. The number of benzene rings is 3. The van der Waals surface area contributed by atoms with Gasteiger partial charge in [0.15, 0.2) is 51.7 Å². The maximum atomic E-state index is 14.2. The van der Waals surface area contributed by atoms with Crippen LogP contribution in [0.4, 0.5) is 0 Å². The van der Waals surface area contributed by atoms with Gasteiger partial charge in [0.1, 0.15) is 18.3 Å². The van der Waals surface area contributed by atoms with Crippen molar-refractivity contribution in [1.29, 1.82) is 0 Å². The number of Topliss-reactive ketones (excluding diaryl/α,β-unsaturated/α-hetero) is 2. The van der Waals surface area contributed by atoms with Crippen molar-refractivity contribution in [3.05, 3.63) is 53.1 Å². The molecule has 240 valence electrons. The van der Waals surface area contributed by atoms with E-state index in [1.54, 1.807) is 0 Å². The van der Waals surface area contributed by atoms with Crippen LogP contribution in [0.1, 0.15) is 31.1 Å². The molecule has 45 heavy (non-hydrogen) atoms. The van der Waals surface area contributed by atoms with Crippen molar-refractivity contribution >= 4 is 17.5 Å². The molecule has 0 amide bonds. The second-order valence-corrected chi connectivity index (χ2v) is 9.79. The van der Waals surface area contributed by atoms with Crippen LogP contribution in [-0.2, 0) is 9.47 Å². The van der Waals surface area contributed by atoms with Gasteiger partial charge in [0.25, 0.3) is 0 Å². The fourth-order valence-electron chi connectivity index (χ4n) is 4.61. The predicted molar refractivity (Wildman–Crippen MR) is 140 cm³/mol. The molecule has 18 heteroatoms. The molecule has 4 rings (SSSR count). The molecule has 0 saturated carbocycles. The molecule has 1 fully saturated rings. The minimum absolute atomic E-state index is 0.415. The van der Waals surface area contributed by atoms with Gasteiger partial charge >= 0.3 is 11.8 Å². The van der Waals surface area contributed by atoms with Gasteiger partial charge in [-0.3, -0.25) is 9.59 Å². The smallest absolute Gasteiger partial charge is 0.341 e. The number of hydrogen-bond donors (Lipinski definition) is 13. The monoisotopic (exact) mass is 636 g/mol. The fraction of sp³-hybridized carbons (Fsp3) is 0.222. The molecule has 0 unspecified atom stereocenters. The largest absolute Gasteiger partial charge is 0.504 e. The van der Waals surface area contributed by atoms with Gasteiger partial charge in [-0.2, -0.15) is 0 Å². The molecule has 13 N–H and O–H groups in total. The van der Waals surface area contributed by atoms with Gasteiger partial charge in [0.05, 0.1) is 12.2 Å². The van der Waals surface area contributed by atoms with Gasteiger partial charge in [0, 0.05) is 11.1 Å². The molecule has 3 aromatic rings. The van der Waals surface area contributed by atoms with Crippen LogP contribution in [0.5, 0.6) is 51.7 Å². The van der Waals surface area contributed by atoms with Crippen LogP contribution in [0.15, 0.2) is 36.4 Å². The van der Waals surface area contributed by atoms with Crippen LogP contribution in [-0.4, -0.2) is 120 Å². The third kappa shape index (κ3) is 4.97. The zero-order valence-corrected chi connectivity index (χ0v) is 22.3. The van der Waals surface area contributed by atoms with Gasteiger partial charge in [-0.25, -0.2) is 4.79 Å². The van der Waals surface area contributed by atoms with E-state index in [4.69, 9.17) is 9.47 Å². The maximum absolute atomic E-state index is 14.2. The molecule has 0 radical (unpaired) electrons. The van der Waals surface area contributed by atoms with Gasteiger partial charge in [-0.15, -0.1) is 0 Å². The highest BCUT2D eigenvalue weighted by atomic mass is 16.7. The van der Waals surface area contributed by atoms with E-state index in [-0.39, 0.29) is 0 Å². The van der Waals surface area contributed by atoms with Crippen molar-refractivity contribution in [2.24, 2.45) is 0 Å². The van der Waals surface area contributed by atoms with Crippen LogP contribution < -0.4 is 0 Å². The molecule has 0 spiro atoms. The molecule has 0 bridgehead atoms. The number of phenolic OH excluding ortho intramolecular Hbond substituents is 9. The third-order valence-corrected chi connectivity index (χ3v) is 6.98. The average Bonchev–Trinajstić information content (AvgIpc) is 2.99. The Morgan fingerprint density at radius 3 is 1.38 bits per heavy atom. The quantitative estimate of drug-likeness (QED) is 0.0796. The van der Waals surface area contributed by atoms with E-state index < -0.39 is 122 Å². The number of phenols is 9. The van der Waals surface area contributed by atoms with Gasteiger partial charge in [-0.1, -0.05) is 0 Å². The molecule has 18 nitrogen and oxygen atoms in total. The zero-order valence-electron chi connectivity index (χ0n) is 22.3. The van der Waals surface area contributed by atoms with Crippen LogP contribution in [0.2, 0.25) is 0 Å². The molecular weight excluding hydrogens is 612 g/mol. The summed E-state index contributed by atoms with van der Waals surface area (Å²) in [6, 6.07) is 2.62. The van der Waals surface area contributed by atoms with Crippen molar-refractivity contribution in [2.45, 2.75) is 29.7 Å². The van der Waals surface area contributed by atoms with Gasteiger partial charge < -0.3 is 75.9 Å². The summed E-state index contributed by atoms with van der Waals surface area (Å²) >= 11 is 0. The number of esters is 1. The summed E-state index contributed by atoms with van der Waals surface area (Å²) in [6.45, 7) is -1.30. The van der Waals surface area contributed by atoms with Gasteiger partial charge in [0.2, 0.25) is 17.2 Å². The molecule has 0 aliphatic carbocycles. The van der Waals surface area contributed by atoms with Crippen LogP contribution in [0.25, 0.3) is 0 Å². The number of ketones is 2. The molecule has 1 heterocycles. The fourth-order valence-corrected chi connectivity index (χ4v) is 4.61. The first-order chi connectivity index (χ1) is 20.9. The SMILES string of the molecule is O=C(O[C@]1(C(=O)c2cc(O)c(O)c(O)c2)O[C@H](CO)[C@@H](O)[C@H](O)[C@]1(O)C(=O)c1cc(O)c(O)c(O)c1)c1cc(O)c(O)c(O)c1. The van der Waals surface area contributed by atoms with Crippen LogP contribution in [0, 0.1) is 0 Å². The number of aliphatic hydroxyl groups excluding tert-OH is 3. The van der Waals surface area contributed by atoms with Crippen molar-refractivity contribution < 1.29 is 90.2 Å². The molecule has 1 aliphatic rings. The number of aliphatic hydroxyl groups is 4. The number of hydrogen-bond acceptors (Lipinski definition) is 18. The standard InChI is InChI=1S/C27H24O18/c28-7-17-21(38)24(41)26(43,22(39)8-1-11(29)18(35)12(30)2-8)27(44-17,23(40)9-3-13(31)19(36)14(32)4-9)45-25(42)10-5-15(33)20(37)16(34)6-10/h1-6,17,21,24,28-38,41,43H,7H2/t17-,21-,24+,26-,27+/m1/s1. The van der Waals surface area contributed by atoms with Crippen LogP contribution >= 0.6 is 0 Å². The Labute approximate surface area is 249 Å². The molecular formula is C27H24O18. The van der Waals surface area contributed by atoms with E-state index in [9.17, 15) is 80.8 Å². The Hall–Kier alpha value is -5.53. The third-order valence-electron chi connectivity index (χ3n) is 6.98. The highest BCUT2D eigenvalue weighted by molar-refractivity contribution is 6.14. The zero-order chi connectivity index (χ0) is 33.8. The van der Waals surface area contributed by atoms with E-state index in [1.165, 1.54) is 0 Å².